The Hall–Kier alpha value is -1.46. The van der Waals surface area contributed by atoms with Crippen LogP contribution in [0.15, 0.2) is 22.9 Å². The first-order chi connectivity index (χ1) is 8.00. The van der Waals surface area contributed by atoms with Gasteiger partial charge in [0.15, 0.2) is 5.82 Å². The standard InChI is InChI=1S/C12H16N4S/c1-12(2,3)9-6-10(16-13)15-11(14-9)8-4-5-17-7-8/h4-7H,13H2,1-3H3,(H,14,15,16). The van der Waals surface area contributed by atoms with Crippen molar-refractivity contribution in [3.05, 3.63) is 28.6 Å². The Kier molecular flexibility index (Phi) is 3.13. The number of nitrogens with two attached hydrogens (primary N) is 1. The maximum absolute atomic E-state index is 5.45. The second kappa shape index (κ2) is 4.43. The molecular formula is C12H16N4S. The Bertz CT molecular complexity index is 500. The largest absolute Gasteiger partial charge is 0.308 e. The first kappa shape index (κ1) is 12.0. The van der Waals surface area contributed by atoms with Gasteiger partial charge in [-0.15, -0.1) is 0 Å². The first-order valence-electron chi connectivity index (χ1n) is 5.39. The molecule has 0 aromatic carbocycles. The van der Waals surface area contributed by atoms with E-state index < -0.39 is 0 Å². The van der Waals surface area contributed by atoms with Crippen molar-refractivity contribution in [3.8, 4) is 11.4 Å². The van der Waals surface area contributed by atoms with Crippen LogP contribution in [0.3, 0.4) is 0 Å². The molecule has 0 saturated carbocycles. The van der Waals surface area contributed by atoms with Crippen LogP contribution in [-0.4, -0.2) is 9.97 Å². The molecule has 2 aromatic rings. The number of hydrazine groups is 1. The number of nitrogens with one attached hydrogen (secondary N) is 1. The van der Waals surface area contributed by atoms with Gasteiger partial charge in [0, 0.05) is 22.4 Å². The highest BCUT2D eigenvalue weighted by Gasteiger charge is 2.18. The van der Waals surface area contributed by atoms with E-state index in [0.717, 1.165) is 11.3 Å². The summed E-state index contributed by atoms with van der Waals surface area (Å²) in [6.07, 6.45) is 0. The molecule has 0 saturated heterocycles. The van der Waals surface area contributed by atoms with E-state index in [1.807, 2.05) is 22.9 Å². The number of nitrogens with zero attached hydrogens (tertiary/aromatic N) is 2. The third-order valence-corrected chi connectivity index (χ3v) is 3.11. The average molecular weight is 248 g/mol. The van der Waals surface area contributed by atoms with Crippen LogP contribution in [-0.2, 0) is 5.41 Å². The molecule has 2 heterocycles. The Labute approximate surface area is 105 Å². The maximum Gasteiger partial charge on any atom is 0.162 e. The van der Waals surface area contributed by atoms with Crippen LogP contribution in [0.5, 0.6) is 0 Å². The molecule has 0 atom stereocenters. The Morgan fingerprint density at radius 1 is 1.29 bits per heavy atom. The molecule has 2 aromatic heterocycles. The zero-order chi connectivity index (χ0) is 12.5. The molecule has 0 fully saturated rings. The van der Waals surface area contributed by atoms with Gasteiger partial charge in [0.05, 0.1) is 5.69 Å². The smallest absolute Gasteiger partial charge is 0.162 e. The van der Waals surface area contributed by atoms with Crippen molar-refractivity contribution in [2.24, 2.45) is 5.84 Å². The lowest BCUT2D eigenvalue weighted by molar-refractivity contribution is 0.568. The summed E-state index contributed by atoms with van der Waals surface area (Å²) >= 11 is 1.63. The van der Waals surface area contributed by atoms with Crippen molar-refractivity contribution in [2.75, 3.05) is 5.43 Å². The highest BCUT2D eigenvalue weighted by Crippen LogP contribution is 2.26. The SMILES string of the molecule is CC(C)(C)c1cc(NN)nc(-c2ccsc2)n1. The zero-order valence-electron chi connectivity index (χ0n) is 10.2. The number of hydrogen-bond acceptors (Lipinski definition) is 5. The Morgan fingerprint density at radius 2 is 2.06 bits per heavy atom. The van der Waals surface area contributed by atoms with Crippen LogP contribution in [0.2, 0.25) is 0 Å². The van der Waals surface area contributed by atoms with E-state index in [0.29, 0.717) is 11.6 Å². The van der Waals surface area contributed by atoms with Crippen LogP contribution in [0, 0.1) is 0 Å². The fraction of sp³-hybridized carbons (Fsp3) is 0.333. The highest BCUT2D eigenvalue weighted by atomic mass is 32.1. The van der Waals surface area contributed by atoms with Gasteiger partial charge in [-0.3, -0.25) is 0 Å². The molecule has 2 rings (SSSR count). The molecule has 90 valence electrons. The Balaban J connectivity index is 2.54. The van der Waals surface area contributed by atoms with E-state index in [1.54, 1.807) is 11.3 Å². The normalized spacial score (nSPS) is 11.5. The number of hydrogen-bond donors (Lipinski definition) is 2. The molecule has 17 heavy (non-hydrogen) atoms. The van der Waals surface area contributed by atoms with Gasteiger partial charge in [-0.25, -0.2) is 15.8 Å². The first-order valence-corrected chi connectivity index (χ1v) is 6.34. The molecule has 3 N–H and O–H groups in total. The number of nitrogen functional groups attached to an aromatic ring is 1. The lowest BCUT2D eigenvalue weighted by Crippen LogP contribution is -2.17. The molecule has 0 radical (unpaired) electrons. The van der Waals surface area contributed by atoms with Crippen LogP contribution in [0.1, 0.15) is 26.5 Å². The minimum absolute atomic E-state index is 0.0285. The molecule has 4 nitrogen and oxygen atoms in total. The van der Waals surface area contributed by atoms with Gasteiger partial charge in [0.2, 0.25) is 0 Å². The molecule has 5 heteroatoms. The quantitative estimate of drug-likeness (QED) is 0.633. The lowest BCUT2D eigenvalue weighted by Gasteiger charge is -2.19. The van der Waals surface area contributed by atoms with Crippen molar-refractivity contribution in [3.63, 3.8) is 0 Å². The maximum atomic E-state index is 5.45. The summed E-state index contributed by atoms with van der Waals surface area (Å²) in [5, 5.41) is 4.04. The summed E-state index contributed by atoms with van der Waals surface area (Å²) in [6, 6.07) is 3.89. The summed E-state index contributed by atoms with van der Waals surface area (Å²) in [5.74, 6) is 6.81. The third kappa shape index (κ3) is 2.62. The van der Waals surface area contributed by atoms with Gasteiger partial charge >= 0.3 is 0 Å². The minimum Gasteiger partial charge on any atom is -0.308 e. The number of anilines is 1. The van der Waals surface area contributed by atoms with E-state index in [9.17, 15) is 0 Å². The molecule has 0 unspecified atom stereocenters. The molecule has 0 spiro atoms. The summed E-state index contributed by atoms with van der Waals surface area (Å²) in [6.45, 7) is 6.35. The van der Waals surface area contributed by atoms with Gasteiger partial charge < -0.3 is 5.43 Å². The predicted octanol–water partition coefficient (Wildman–Crippen LogP) is 2.79. The van der Waals surface area contributed by atoms with Crippen LogP contribution in [0.25, 0.3) is 11.4 Å². The monoisotopic (exact) mass is 248 g/mol. The lowest BCUT2D eigenvalue weighted by atomic mass is 9.92. The van der Waals surface area contributed by atoms with Crippen LogP contribution >= 0.6 is 11.3 Å². The average Bonchev–Trinajstić information content (AvgIpc) is 2.80. The predicted molar refractivity (Wildman–Crippen MR) is 71.9 cm³/mol. The summed E-state index contributed by atoms with van der Waals surface area (Å²) in [5.41, 5.74) is 4.56. The fourth-order valence-electron chi connectivity index (χ4n) is 1.43. The highest BCUT2D eigenvalue weighted by molar-refractivity contribution is 7.08. The number of thiophene rings is 1. The van der Waals surface area contributed by atoms with Crippen molar-refractivity contribution in [1.82, 2.24) is 9.97 Å². The van der Waals surface area contributed by atoms with E-state index in [4.69, 9.17) is 5.84 Å². The van der Waals surface area contributed by atoms with Gasteiger partial charge in [0.1, 0.15) is 5.82 Å². The minimum atomic E-state index is -0.0285. The third-order valence-electron chi connectivity index (χ3n) is 2.42. The topological polar surface area (TPSA) is 63.8 Å². The number of aromatic nitrogens is 2. The molecule has 0 amide bonds. The van der Waals surface area contributed by atoms with Crippen molar-refractivity contribution < 1.29 is 0 Å². The van der Waals surface area contributed by atoms with Gasteiger partial charge in [-0.2, -0.15) is 11.3 Å². The van der Waals surface area contributed by atoms with Crippen LogP contribution < -0.4 is 11.3 Å². The molecule has 0 aliphatic carbocycles. The summed E-state index contributed by atoms with van der Waals surface area (Å²) < 4.78 is 0. The fourth-order valence-corrected chi connectivity index (χ4v) is 2.06. The second-order valence-electron chi connectivity index (χ2n) is 4.87. The summed E-state index contributed by atoms with van der Waals surface area (Å²) in [7, 11) is 0. The van der Waals surface area contributed by atoms with Crippen molar-refractivity contribution in [1.29, 1.82) is 0 Å². The summed E-state index contributed by atoms with van der Waals surface area (Å²) in [4.78, 5) is 8.96. The molecule has 0 bridgehead atoms. The van der Waals surface area contributed by atoms with Gasteiger partial charge in [0.25, 0.3) is 0 Å². The van der Waals surface area contributed by atoms with E-state index in [1.165, 1.54) is 0 Å². The van der Waals surface area contributed by atoms with E-state index in [2.05, 4.69) is 36.2 Å². The number of rotatable bonds is 2. The second-order valence-corrected chi connectivity index (χ2v) is 5.65. The molecule has 0 aliphatic rings. The van der Waals surface area contributed by atoms with Crippen molar-refractivity contribution in [2.45, 2.75) is 26.2 Å². The molecule has 0 aliphatic heterocycles. The van der Waals surface area contributed by atoms with Crippen LogP contribution in [0.4, 0.5) is 5.82 Å². The van der Waals surface area contributed by atoms with Gasteiger partial charge in [-0.1, -0.05) is 20.8 Å². The zero-order valence-corrected chi connectivity index (χ0v) is 11.0. The van der Waals surface area contributed by atoms with Gasteiger partial charge in [-0.05, 0) is 11.4 Å². The van der Waals surface area contributed by atoms with E-state index >= 15 is 0 Å². The molecular weight excluding hydrogens is 232 g/mol. The van der Waals surface area contributed by atoms with E-state index in [-0.39, 0.29) is 5.41 Å². The Morgan fingerprint density at radius 3 is 2.59 bits per heavy atom. The van der Waals surface area contributed by atoms with Crippen molar-refractivity contribution >= 4 is 17.2 Å².